The van der Waals surface area contributed by atoms with E-state index in [2.05, 4.69) is 20.4 Å². The molecule has 0 aliphatic heterocycles. The van der Waals surface area contributed by atoms with Crippen molar-refractivity contribution in [1.82, 2.24) is 19.7 Å². The molecule has 1 amide bonds. The number of ether oxygens (including phenoxy) is 3. The maximum absolute atomic E-state index is 12.9. The molecule has 0 unspecified atom stereocenters. The number of thiazole rings is 1. The Bertz CT molecular complexity index is 1240. The summed E-state index contributed by atoms with van der Waals surface area (Å²) >= 11 is 1.32. The van der Waals surface area contributed by atoms with Gasteiger partial charge in [-0.3, -0.25) is 4.79 Å². The van der Waals surface area contributed by atoms with Crippen molar-refractivity contribution in [3.8, 4) is 27.8 Å². The molecule has 0 saturated heterocycles. The maximum Gasteiger partial charge on any atom is 0.267 e. The molecule has 9 nitrogen and oxygen atoms in total. The van der Waals surface area contributed by atoms with Crippen molar-refractivity contribution in [2.75, 3.05) is 26.1 Å². The minimum atomic E-state index is -0.225. The van der Waals surface area contributed by atoms with E-state index in [9.17, 15) is 4.79 Å². The van der Waals surface area contributed by atoms with Crippen LogP contribution in [0.5, 0.6) is 17.2 Å². The first-order valence-corrected chi connectivity index (χ1v) is 11.0. The number of carbonyl (C=O) groups excluding carboxylic acids is 1. The van der Waals surface area contributed by atoms with Crippen LogP contribution < -0.4 is 19.5 Å². The van der Waals surface area contributed by atoms with E-state index in [1.54, 1.807) is 31.3 Å². The fourth-order valence-corrected chi connectivity index (χ4v) is 4.11. The molecule has 4 aromatic rings. The molecule has 33 heavy (non-hydrogen) atoms. The van der Waals surface area contributed by atoms with E-state index in [1.165, 1.54) is 17.7 Å². The van der Waals surface area contributed by atoms with Gasteiger partial charge < -0.3 is 19.5 Å². The Morgan fingerprint density at radius 3 is 2.73 bits per heavy atom. The summed E-state index contributed by atoms with van der Waals surface area (Å²) in [6.07, 6.45) is 3.11. The highest BCUT2D eigenvalue weighted by molar-refractivity contribution is 7.17. The lowest BCUT2D eigenvalue weighted by atomic mass is 10.2. The summed E-state index contributed by atoms with van der Waals surface area (Å²) < 4.78 is 18.1. The average molecular weight is 466 g/mol. The van der Waals surface area contributed by atoms with Crippen LogP contribution in [0.2, 0.25) is 0 Å². The van der Waals surface area contributed by atoms with Crippen LogP contribution in [-0.4, -0.2) is 46.5 Å². The van der Waals surface area contributed by atoms with Crippen LogP contribution in [0.1, 0.15) is 15.4 Å². The van der Waals surface area contributed by atoms with Crippen molar-refractivity contribution < 1.29 is 19.0 Å². The molecule has 0 aliphatic rings. The Morgan fingerprint density at radius 2 is 1.97 bits per heavy atom. The molecule has 0 atom stereocenters. The van der Waals surface area contributed by atoms with Crippen molar-refractivity contribution in [3.63, 3.8) is 0 Å². The van der Waals surface area contributed by atoms with Crippen LogP contribution in [0, 0.1) is 6.92 Å². The summed E-state index contributed by atoms with van der Waals surface area (Å²) in [6, 6.07) is 12.8. The molecule has 0 radical (unpaired) electrons. The van der Waals surface area contributed by atoms with Gasteiger partial charge in [-0.15, -0.1) is 11.3 Å². The normalized spacial score (nSPS) is 10.6. The van der Waals surface area contributed by atoms with Gasteiger partial charge in [0.2, 0.25) is 0 Å². The highest BCUT2D eigenvalue weighted by Crippen LogP contribution is 2.35. The molecule has 4 rings (SSSR count). The van der Waals surface area contributed by atoms with Gasteiger partial charge in [0.1, 0.15) is 34.9 Å². The van der Waals surface area contributed by atoms with Crippen molar-refractivity contribution in [1.29, 1.82) is 0 Å². The number of anilines is 1. The Kier molecular flexibility index (Phi) is 6.84. The molecule has 2 aromatic heterocycles. The zero-order valence-electron chi connectivity index (χ0n) is 18.4. The minimum absolute atomic E-state index is 0.225. The van der Waals surface area contributed by atoms with E-state index < -0.39 is 0 Å². The van der Waals surface area contributed by atoms with E-state index >= 15 is 0 Å². The molecule has 170 valence electrons. The lowest BCUT2D eigenvalue weighted by molar-refractivity contribution is 0.103. The van der Waals surface area contributed by atoms with E-state index in [-0.39, 0.29) is 5.91 Å². The van der Waals surface area contributed by atoms with E-state index in [1.807, 2.05) is 43.3 Å². The molecule has 0 saturated carbocycles. The fourth-order valence-electron chi connectivity index (χ4n) is 3.16. The number of aryl methyl sites for hydroxylation is 1. The zero-order valence-corrected chi connectivity index (χ0v) is 19.3. The predicted molar refractivity (Wildman–Crippen MR) is 125 cm³/mol. The highest BCUT2D eigenvalue weighted by atomic mass is 32.1. The summed E-state index contributed by atoms with van der Waals surface area (Å²) in [5.74, 6) is 1.67. The number of amides is 1. The summed E-state index contributed by atoms with van der Waals surface area (Å²) in [5.41, 5.74) is 2.14. The predicted octanol–water partition coefficient (Wildman–Crippen LogP) is 4.06. The van der Waals surface area contributed by atoms with Gasteiger partial charge in [0.25, 0.3) is 5.91 Å². The molecule has 1 N–H and O–H groups in total. The monoisotopic (exact) mass is 465 g/mol. The Hall–Kier alpha value is -3.92. The van der Waals surface area contributed by atoms with Gasteiger partial charge in [-0.2, -0.15) is 5.10 Å². The number of hydrogen-bond donors (Lipinski definition) is 1. The third-order valence-corrected chi connectivity index (χ3v) is 5.99. The standard InChI is InChI=1S/C23H23N5O4S/c1-15-21(33-23(26-15)16-7-8-19(30-2)20(11-16)31-3)22(29)27-17-5-4-6-18(12-17)32-10-9-28-14-24-13-25-28/h4-8,11-14H,9-10H2,1-3H3,(H,27,29). The Morgan fingerprint density at radius 1 is 1.12 bits per heavy atom. The number of hydrogen-bond acceptors (Lipinski definition) is 8. The van der Waals surface area contributed by atoms with E-state index in [0.717, 1.165) is 10.6 Å². The molecule has 2 aromatic carbocycles. The molecule has 0 bridgehead atoms. The molecule has 2 heterocycles. The summed E-state index contributed by atoms with van der Waals surface area (Å²) in [7, 11) is 3.17. The van der Waals surface area contributed by atoms with Crippen LogP contribution in [0.15, 0.2) is 55.1 Å². The van der Waals surface area contributed by atoms with Gasteiger partial charge in [-0.1, -0.05) is 6.07 Å². The smallest absolute Gasteiger partial charge is 0.267 e. The number of aromatic nitrogens is 4. The third-order valence-electron chi connectivity index (χ3n) is 4.78. The number of nitrogens with one attached hydrogen (secondary N) is 1. The second kappa shape index (κ2) is 10.1. The Balaban J connectivity index is 1.44. The molecule has 0 aliphatic carbocycles. The van der Waals surface area contributed by atoms with Crippen LogP contribution in [0.25, 0.3) is 10.6 Å². The van der Waals surface area contributed by atoms with Gasteiger partial charge in [-0.25, -0.2) is 14.6 Å². The van der Waals surface area contributed by atoms with Crippen LogP contribution >= 0.6 is 11.3 Å². The van der Waals surface area contributed by atoms with Crippen molar-refractivity contribution in [2.24, 2.45) is 0 Å². The molecule has 0 spiro atoms. The molecule has 0 fully saturated rings. The average Bonchev–Trinajstić information content (AvgIpc) is 3.48. The minimum Gasteiger partial charge on any atom is -0.493 e. The van der Waals surface area contributed by atoms with Crippen molar-refractivity contribution in [3.05, 3.63) is 65.7 Å². The first-order chi connectivity index (χ1) is 16.1. The second-order valence-corrected chi connectivity index (χ2v) is 7.99. The number of nitrogens with zero attached hydrogens (tertiary/aromatic N) is 4. The summed E-state index contributed by atoms with van der Waals surface area (Å²) in [5, 5.41) is 7.69. The fraction of sp³-hybridized carbons (Fsp3) is 0.217. The number of methoxy groups -OCH3 is 2. The van der Waals surface area contributed by atoms with Gasteiger partial charge in [0.15, 0.2) is 11.5 Å². The van der Waals surface area contributed by atoms with Crippen LogP contribution in [-0.2, 0) is 6.54 Å². The topological polar surface area (TPSA) is 100 Å². The molecular formula is C23H23N5O4S. The lowest BCUT2D eigenvalue weighted by Gasteiger charge is -2.09. The highest BCUT2D eigenvalue weighted by Gasteiger charge is 2.18. The maximum atomic E-state index is 12.9. The van der Waals surface area contributed by atoms with Crippen LogP contribution in [0.4, 0.5) is 5.69 Å². The van der Waals surface area contributed by atoms with Gasteiger partial charge >= 0.3 is 0 Å². The van der Waals surface area contributed by atoms with E-state index in [0.29, 0.717) is 46.7 Å². The van der Waals surface area contributed by atoms with Crippen molar-refractivity contribution >= 4 is 22.9 Å². The quantitative estimate of drug-likeness (QED) is 0.398. The number of benzene rings is 2. The zero-order chi connectivity index (χ0) is 23.2. The van der Waals surface area contributed by atoms with E-state index in [4.69, 9.17) is 14.2 Å². The SMILES string of the molecule is COc1ccc(-c2nc(C)c(C(=O)Nc3cccc(OCCn4cncn4)c3)s2)cc1OC. The molecule has 10 heteroatoms. The third kappa shape index (κ3) is 5.29. The molecular weight excluding hydrogens is 442 g/mol. The van der Waals surface area contributed by atoms with Crippen LogP contribution in [0.3, 0.4) is 0 Å². The first kappa shape index (κ1) is 22.3. The second-order valence-electron chi connectivity index (χ2n) is 6.99. The Labute approximate surface area is 195 Å². The lowest BCUT2D eigenvalue weighted by Crippen LogP contribution is -2.12. The van der Waals surface area contributed by atoms with Gasteiger partial charge in [-0.05, 0) is 37.3 Å². The number of carbonyl (C=O) groups is 1. The first-order valence-electron chi connectivity index (χ1n) is 10.1. The largest absolute Gasteiger partial charge is 0.493 e. The van der Waals surface area contributed by atoms with Crippen molar-refractivity contribution in [2.45, 2.75) is 13.5 Å². The van der Waals surface area contributed by atoms with Gasteiger partial charge in [0, 0.05) is 17.3 Å². The summed E-state index contributed by atoms with van der Waals surface area (Å²) in [4.78, 5) is 22.0. The van der Waals surface area contributed by atoms with Gasteiger partial charge in [0.05, 0.1) is 26.5 Å². The summed E-state index contributed by atoms with van der Waals surface area (Å²) in [6.45, 7) is 2.83. The number of rotatable bonds is 9.